The van der Waals surface area contributed by atoms with E-state index in [1.54, 1.807) is 18.2 Å². The first-order chi connectivity index (χ1) is 16.7. The highest BCUT2D eigenvalue weighted by molar-refractivity contribution is 7.88. The Balaban J connectivity index is 1.31. The Hall–Kier alpha value is -2.31. The monoisotopic (exact) mass is 538 g/mol. The molecule has 35 heavy (non-hydrogen) atoms. The molecule has 2 unspecified atom stereocenters. The van der Waals surface area contributed by atoms with E-state index in [1.165, 1.54) is 17.6 Å². The lowest BCUT2D eigenvalue weighted by Crippen LogP contribution is -2.27. The number of nitrogens with zero attached hydrogens (tertiary/aromatic N) is 1. The molecule has 3 aromatic rings. The number of H-pyrrole nitrogens is 1. The first-order valence-electron chi connectivity index (χ1n) is 11.2. The van der Waals surface area contributed by atoms with Gasteiger partial charge >= 0.3 is 0 Å². The molecular formula is C23H27ClN4O5S2. The number of aromatic amines is 1. The SMILES string of the molecule is CS(=O)(=O)NCC1CCC(COCc2csc3nc(C(=O)NCc4cccc(Cl)c4)[nH]c(=O)c23)C1. The van der Waals surface area contributed by atoms with Crippen LogP contribution in [0.1, 0.15) is 41.0 Å². The second-order valence-corrected chi connectivity index (χ2v) is 12.0. The molecule has 0 bridgehead atoms. The van der Waals surface area contributed by atoms with Gasteiger partial charge in [-0.1, -0.05) is 23.7 Å². The average molecular weight is 539 g/mol. The lowest BCUT2D eigenvalue weighted by atomic mass is 10.1. The summed E-state index contributed by atoms with van der Waals surface area (Å²) in [4.78, 5) is 32.6. The van der Waals surface area contributed by atoms with Gasteiger partial charge in [0.15, 0.2) is 0 Å². The number of hydrogen-bond acceptors (Lipinski definition) is 7. The highest BCUT2D eigenvalue weighted by Crippen LogP contribution is 2.31. The summed E-state index contributed by atoms with van der Waals surface area (Å²) >= 11 is 7.26. The molecule has 1 saturated carbocycles. The van der Waals surface area contributed by atoms with E-state index in [-0.39, 0.29) is 24.5 Å². The second kappa shape index (κ2) is 11.2. The van der Waals surface area contributed by atoms with Crippen molar-refractivity contribution in [2.24, 2.45) is 11.8 Å². The molecule has 1 amide bonds. The van der Waals surface area contributed by atoms with Gasteiger partial charge in [0.2, 0.25) is 15.8 Å². The quantitative estimate of drug-likeness (QED) is 0.364. The molecule has 12 heteroatoms. The van der Waals surface area contributed by atoms with Gasteiger partial charge in [-0.15, -0.1) is 11.3 Å². The highest BCUT2D eigenvalue weighted by Gasteiger charge is 2.25. The summed E-state index contributed by atoms with van der Waals surface area (Å²) in [7, 11) is -3.18. The molecule has 0 radical (unpaired) electrons. The van der Waals surface area contributed by atoms with Crippen molar-refractivity contribution in [3.63, 3.8) is 0 Å². The predicted molar refractivity (Wildman–Crippen MR) is 136 cm³/mol. The number of amides is 1. The Morgan fingerprint density at radius 1 is 1.31 bits per heavy atom. The van der Waals surface area contributed by atoms with Gasteiger partial charge in [-0.2, -0.15) is 0 Å². The maximum atomic E-state index is 12.7. The fourth-order valence-corrected chi connectivity index (χ4v) is 5.93. The van der Waals surface area contributed by atoms with E-state index < -0.39 is 15.9 Å². The standard InChI is InChI=1S/C23H27ClN4O5S2/c1-35(31,32)26-10-15-5-6-16(7-15)11-33-12-17-13-34-23-19(17)21(29)27-20(28-23)22(30)25-9-14-3-2-4-18(24)8-14/h2-4,8,13,15-16,26H,5-7,9-12H2,1H3,(H,25,30)(H,27,28,29). The first-order valence-corrected chi connectivity index (χ1v) is 14.4. The Kier molecular flexibility index (Phi) is 8.23. The van der Waals surface area contributed by atoms with Crippen LogP contribution >= 0.6 is 22.9 Å². The Morgan fingerprint density at radius 3 is 2.89 bits per heavy atom. The third kappa shape index (κ3) is 7.11. The van der Waals surface area contributed by atoms with E-state index in [4.69, 9.17) is 16.3 Å². The molecule has 2 aromatic heterocycles. The van der Waals surface area contributed by atoms with E-state index >= 15 is 0 Å². The van der Waals surface area contributed by atoms with Gasteiger partial charge in [-0.05, 0) is 54.2 Å². The molecule has 1 aromatic carbocycles. The minimum absolute atomic E-state index is 0.0430. The summed E-state index contributed by atoms with van der Waals surface area (Å²) in [6, 6.07) is 7.15. The number of halogens is 1. The van der Waals surface area contributed by atoms with Crippen molar-refractivity contribution in [3.05, 3.63) is 62.0 Å². The molecule has 2 heterocycles. The molecular weight excluding hydrogens is 512 g/mol. The van der Waals surface area contributed by atoms with Crippen molar-refractivity contribution in [2.45, 2.75) is 32.4 Å². The van der Waals surface area contributed by atoms with E-state index in [9.17, 15) is 18.0 Å². The van der Waals surface area contributed by atoms with Crippen LogP contribution in [0.25, 0.3) is 10.2 Å². The largest absolute Gasteiger partial charge is 0.376 e. The van der Waals surface area contributed by atoms with Gasteiger partial charge in [0.1, 0.15) is 4.83 Å². The van der Waals surface area contributed by atoms with E-state index in [2.05, 4.69) is 20.0 Å². The molecule has 9 nitrogen and oxygen atoms in total. The number of ether oxygens (including phenoxy) is 1. The van der Waals surface area contributed by atoms with Gasteiger partial charge in [0.25, 0.3) is 11.5 Å². The Morgan fingerprint density at radius 2 is 2.11 bits per heavy atom. The van der Waals surface area contributed by atoms with Gasteiger partial charge in [0, 0.05) is 30.3 Å². The molecule has 4 rings (SSSR count). The zero-order valence-corrected chi connectivity index (χ0v) is 21.6. The normalized spacial score (nSPS) is 18.2. The van der Waals surface area contributed by atoms with Crippen LogP contribution in [0, 0.1) is 11.8 Å². The van der Waals surface area contributed by atoms with E-state index in [0.29, 0.717) is 40.2 Å². The van der Waals surface area contributed by atoms with Crippen LogP contribution in [0.5, 0.6) is 0 Å². The number of rotatable bonds is 10. The smallest absolute Gasteiger partial charge is 0.287 e. The van der Waals surface area contributed by atoms with Crippen LogP contribution in [0.3, 0.4) is 0 Å². The molecule has 188 valence electrons. The van der Waals surface area contributed by atoms with Crippen LogP contribution < -0.4 is 15.6 Å². The number of carbonyl (C=O) groups is 1. The molecule has 2 atom stereocenters. The van der Waals surface area contributed by atoms with Crippen molar-refractivity contribution in [1.29, 1.82) is 0 Å². The number of fused-ring (bicyclic) bond motifs is 1. The summed E-state index contributed by atoms with van der Waals surface area (Å²) in [5.74, 6) is 0.156. The molecule has 1 aliphatic rings. The van der Waals surface area contributed by atoms with Crippen LogP contribution in [0.2, 0.25) is 5.02 Å². The van der Waals surface area contributed by atoms with Crippen LogP contribution in [-0.4, -0.2) is 43.7 Å². The van der Waals surface area contributed by atoms with Crippen molar-refractivity contribution in [3.8, 4) is 0 Å². The maximum Gasteiger partial charge on any atom is 0.287 e. The van der Waals surface area contributed by atoms with Gasteiger partial charge < -0.3 is 15.0 Å². The Labute approximate surface area is 212 Å². The minimum atomic E-state index is -3.18. The molecule has 3 N–H and O–H groups in total. The van der Waals surface area contributed by atoms with Crippen molar-refractivity contribution in [2.75, 3.05) is 19.4 Å². The number of hydrogen-bond donors (Lipinski definition) is 3. The van der Waals surface area contributed by atoms with Crippen molar-refractivity contribution >= 4 is 49.1 Å². The highest BCUT2D eigenvalue weighted by atomic mass is 35.5. The van der Waals surface area contributed by atoms with E-state index in [1.807, 2.05) is 11.4 Å². The van der Waals surface area contributed by atoms with Crippen molar-refractivity contribution < 1.29 is 17.9 Å². The lowest BCUT2D eigenvalue weighted by Gasteiger charge is -2.12. The number of thiophene rings is 1. The number of carbonyl (C=O) groups excluding carboxylic acids is 1. The van der Waals surface area contributed by atoms with Gasteiger partial charge in [-0.3, -0.25) is 9.59 Å². The maximum absolute atomic E-state index is 12.7. The van der Waals surface area contributed by atoms with E-state index in [0.717, 1.165) is 30.4 Å². The van der Waals surface area contributed by atoms with Gasteiger partial charge in [0.05, 0.1) is 18.2 Å². The average Bonchev–Trinajstić information content (AvgIpc) is 3.43. The Bertz CT molecular complexity index is 1370. The number of sulfonamides is 1. The fraction of sp³-hybridized carbons (Fsp3) is 0.435. The molecule has 0 spiro atoms. The zero-order chi connectivity index (χ0) is 25.0. The molecule has 0 aliphatic heterocycles. The summed E-state index contributed by atoms with van der Waals surface area (Å²) in [6.07, 6.45) is 4.02. The number of benzene rings is 1. The van der Waals surface area contributed by atoms with Crippen LogP contribution in [-0.2, 0) is 27.9 Å². The second-order valence-electron chi connectivity index (χ2n) is 8.85. The van der Waals surface area contributed by atoms with Crippen molar-refractivity contribution in [1.82, 2.24) is 20.0 Å². The number of nitrogens with one attached hydrogen (secondary N) is 3. The third-order valence-corrected chi connectivity index (χ3v) is 7.82. The summed E-state index contributed by atoms with van der Waals surface area (Å²) in [5.41, 5.74) is 1.19. The fourth-order valence-electron chi connectivity index (χ4n) is 4.25. The summed E-state index contributed by atoms with van der Waals surface area (Å²) in [5, 5.41) is 5.58. The topological polar surface area (TPSA) is 130 Å². The molecule has 1 aliphatic carbocycles. The zero-order valence-electron chi connectivity index (χ0n) is 19.2. The summed E-state index contributed by atoms with van der Waals surface area (Å²) in [6.45, 7) is 1.54. The number of aromatic nitrogens is 2. The minimum Gasteiger partial charge on any atom is -0.376 e. The van der Waals surface area contributed by atoms with Crippen LogP contribution in [0.15, 0.2) is 34.4 Å². The molecule has 0 saturated heterocycles. The third-order valence-electron chi connectivity index (χ3n) is 5.97. The lowest BCUT2D eigenvalue weighted by molar-refractivity contribution is 0.0885. The first kappa shape index (κ1) is 25.8. The predicted octanol–water partition coefficient (Wildman–Crippen LogP) is 3.05. The van der Waals surface area contributed by atoms with Crippen LogP contribution in [0.4, 0.5) is 0 Å². The summed E-state index contributed by atoms with van der Waals surface area (Å²) < 4.78 is 31.0. The van der Waals surface area contributed by atoms with Gasteiger partial charge in [-0.25, -0.2) is 18.1 Å². The molecule has 1 fully saturated rings.